The second kappa shape index (κ2) is 5.97. The topological polar surface area (TPSA) is 26.3 Å². The molecule has 0 amide bonds. The van der Waals surface area contributed by atoms with Gasteiger partial charge in [-0.1, -0.05) is 12.2 Å². The van der Waals surface area contributed by atoms with Crippen molar-refractivity contribution >= 4 is 5.78 Å². The number of carbonyl (C=O) groups excluding carboxylic acids is 1. The van der Waals surface area contributed by atoms with Crippen LogP contribution in [0.5, 0.6) is 0 Å². The highest BCUT2D eigenvalue weighted by molar-refractivity contribution is 5.80. The van der Waals surface area contributed by atoms with E-state index in [-0.39, 0.29) is 0 Å². The normalized spacial score (nSPS) is 21.9. The van der Waals surface area contributed by atoms with Crippen LogP contribution in [0.3, 0.4) is 0 Å². The average Bonchev–Trinajstić information content (AvgIpc) is 2.15. The van der Waals surface area contributed by atoms with Crippen LogP contribution in [0.4, 0.5) is 0 Å². The Morgan fingerprint density at radius 2 is 2.29 bits per heavy atom. The molecule has 2 heteroatoms. The molecular formula is C12H20O2. The van der Waals surface area contributed by atoms with E-state index in [9.17, 15) is 4.79 Å². The number of hydrogen-bond donors (Lipinski definition) is 0. The van der Waals surface area contributed by atoms with E-state index >= 15 is 0 Å². The Morgan fingerprint density at radius 1 is 1.50 bits per heavy atom. The number of allylic oxidation sites excluding steroid dienone is 1. The van der Waals surface area contributed by atoms with Crippen LogP contribution in [0.25, 0.3) is 0 Å². The molecule has 80 valence electrons. The molecule has 1 unspecified atom stereocenters. The lowest BCUT2D eigenvalue weighted by molar-refractivity contribution is -0.119. The van der Waals surface area contributed by atoms with Crippen molar-refractivity contribution in [2.75, 3.05) is 6.61 Å². The van der Waals surface area contributed by atoms with Crippen molar-refractivity contribution in [2.24, 2.45) is 0 Å². The zero-order valence-electron chi connectivity index (χ0n) is 9.05. The van der Waals surface area contributed by atoms with Crippen molar-refractivity contribution in [1.29, 1.82) is 0 Å². The van der Waals surface area contributed by atoms with E-state index in [1.54, 1.807) is 0 Å². The number of ether oxygens (including phenoxy) is 1. The van der Waals surface area contributed by atoms with E-state index in [1.807, 2.05) is 6.92 Å². The maximum absolute atomic E-state index is 11.4. The Balaban J connectivity index is 2.12. The molecule has 1 aliphatic rings. The number of ketones is 1. The van der Waals surface area contributed by atoms with Crippen molar-refractivity contribution in [3.63, 3.8) is 0 Å². The Kier molecular flexibility index (Phi) is 4.88. The van der Waals surface area contributed by atoms with Crippen LogP contribution in [-0.2, 0) is 9.53 Å². The van der Waals surface area contributed by atoms with Crippen molar-refractivity contribution in [2.45, 2.75) is 51.6 Å². The first-order valence-corrected chi connectivity index (χ1v) is 5.46. The molecule has 1 saturated heterocycles. The summed E-state index contributed by atoms with van der Waals surface area (Å²) < 4.78 is 5.56. The smallest absolute Gasteiger partial charge is 0.137 e. The van der Waals surface area contributed by atoms with E-state index < -0.39 is 0 Å². The van der Waals surface area contributed by atoms with Gasteiger partial charge in [0.25, 0.3) is 0 Å². The molecule has 0 aromatic carbocycles. The lowest BCUT2D eigenvalue weighted by Crippen LogP contribution is -2.19. The summed E-state index contributed by atoms with van der Waals surface area (Å²) in [6, 6.07) is 0. The fraction of sp³-hybridized carbons (Fsp3) is 0.750. The van der Waals surface area contributed by atoms with Crippen LogP contribution in [0.2, 0.25) is 0 Å². The first kappa shape index (κ1) is 11.4. The predicted octanol–water partition coefficient (Wildman–Crippen LogP) is 2.87. The van der Waals surface area contributed by atoms with Crippen LogP contribution in [0.15, 0.2) is 12.2 Å². The number of carbonyl (C=O) groups is 1. The summed E-state index contributed by atoms with van der Waals surface area (Å²) in [6.45, 7) is 6.51. The van der Waals surface area contributed by atoms with Gasteiger partial charge in [-0.05, 0) is 32.6 Å². The van der Waals surface area contributed by atoms with Crippen LogP contribution >= 0.6 is 0 Å². The van der Waals surface area contributed by atoms with E-state index in [4.69, 9.17) is 4.74 Å². The molecule has 1 rings (SSSR count). The summed E-state index contributed by atoms with van der Waals surface area (Å²) in [7, 11) is 0. The monoisotopic (exact) mass is 196 g/mol. The summed E-state index contributed by atoms with van der Waals surface area (Å²) in [5.74, 6) is 0.298. The molecular weight excluding hydrogens is 176 g/mol. The molecule has 1 fully saturated rings. The molecule has 0 N–H and O–H groups in total. The van der Waals surface area contributed by atoms with Gasteiger partial charge in [-0.2, -0.15) is 0 Å². The van der Waals surface area contributed by atoms with Crippen LogP contribution in [-0.4, -0.2) is 18.5 Å². The lowest BCUT2D eigenvalue weighted by atomic mass is 10.0. The van der Waals surface area contributed by atoms with Gasteiger partial charge in [0.2, 0.25) is 0 Å². The van der Waals surface area contributed by atoms with Crippen molar-refractivity contribution in [3.8, 4) is 0 Å². The maximum Gasteiger partial charge on any atom is 0.137 e. The molecule has 1 heterocycles. The minimum Gasteiger partial charge on any atom is -0.378 e. The van der Waals surface area contributed by atoms with E-state index in [0.29, 0.717) is 24.7 Å². The molecule has 0 spiro atoms. The molecule has 1 atom stereocenters. The third kappa shape index (κ3) is 4.56. The minimum absolute atomic E-state index is 0.298. The molecule has 14 heavy (non-hydrogen) atoms. The van der Waals surface area contributed by atoms with Gasteiger partial charge < -0.3 is 4.74 Å². The Labute approximate surface area is 86.3 Å². The molecule has 0 radical (unpaired) electrons. The fourth-order valence-corrected chi connectivity index (χ4v) is 1.78. The first-order chi connectivity index (χ1) is 6.68. The summed E-state index contributed by atoms with van der Waals surface area (Å²) in [5, 5.41) is 0. The zero-order valence-corrected chi connectivity index (χ0v) is 9.05. The minimum atomic E-state index is 0.298. The molecule has 0 aromatic heterocycles. The molecule has 0 saturated carbocycles. The van der Waals surface area contributed by atoms with E-state index in [2.05, 4.69) is 6.58 Å². The first-order valence-electron chi connectivity index (χ1n) is 5.46. The van der Waals surface area contributed by atoms with Crippen molar-refractivity contribution in [1.82, 2.24) is 0 Å². The third-order valence-corrected chi connectivity index (χ3v) is 2.52. The van der Waals surface area contributed by atoms with Gasteiger partial charge in [0.1, 0.15) is 5.78 Å². The van der Waals surface area contributed by atoms with Crippen molar-refractivity contribution < 1.29 is 9.53 Å². The second-order valence-electron chi connectivity index (χ2n) is 4.20. The second-order valence-corrected chi connectivity index (χ2v) is 4.20. The molecule has 2 nitrogen and oxygen atoms in total. The van der Waals surface area contributed by atoms with Gasteiger partial charge in [0.15, 0.2) is 0 Å². The maximum atomic E-state index is 11.4. The highest BCUT2D eigenvalue weighted by Gasteiger charge is 2.14. The summed E-state index contributed by atoms with van der Waals surface area (Å²) in [5.41, 5.74) is 0.958. The number of rotatable bonds is 5. The van der Waals surface area contributed by atoms with Gasteiger partial charge in [-0.25, -0.2) is 0 Å². The predicted molar refractivity (Wildman–Crippen MR) is 57.3 cm³/mol. The van der Waals surface area contributed by atoms with Gasteiger partial charge in [-0.15, -0.1) is 0 Å². The summed E-state index contributed by atoms with van der Waals surface area (Å²) >= 11 is 0. The fourth-order valence-electron chi connectivity index (χ4n) is 1.78. The summed E-state index contributed by atoms with van der Waals surface area (Å²) in [4.78, 5) is 11.4. The highest BCUT2D eigenvalue weighted by Crippen LogP contribution is 2.17. The van der Waals surface area contributed by atoms with Crippen LogP contribution in [0, 0.1) is 0 Å². The Morgan fingerprint density at radius 3 is 2.86 bits per heavy atom. The van der Waals surface area contributed by atoms with Gasteiger partial charge in [-0.3, -0.25) is 4.79 Å². The largest absolute Gasteiger partial charge is 0.378 e. The number of hydrogen-bond acceptors (Lipinski definition) is 2. The molecule has 0 aliphatic carbocycles. The Hall–Kier alpha value is -0.630. The van der Waals surface area contributed by atoms with Crippen LogP contribution < -0.4 is 0 Å². The van der Waals surface area contributed by atoms with Gasteiger partial charge in [0.05, 0.1) is 6.10 Å². The summed E-state index contributed by atoms with van der Waals surface area (Å²) in [6.07, 6.45) is 5.96. The van der Waals surface area contributed by atoms with Crippen LogP contribution in [0.1, 0.15) is 45.4 Å². The highest BCUT2D eigenvalue weighted by atomic mass is 16.5. The average molecular weight is 196 g/mol. The van der Waals surface area contributed by atoms with E-state index in [1.165, 1.54) is 12.8 Å². The molecule has 0 aromatic rings. The van der Waals surface area contributed by atoms with Crippen molar-refractivity contribution in [3.05, 3.63) is 12.2 Å². The quantitative estimate of drug-likeness (QED) is 0.632. The third-order valence-electron chi connectivity index (χ3n) is 2.52. The molecule has 0 bridgehead atoms. The van der Waals surface area contributed by atoms with Gasteiger partial charge >= 0.3 is 0 Å². The number of Topliss-reactive ketones (excluding diaryl/α,β-unsaturated/α-hetero) is 1. The lowest BCUT2D eigenvalue weighted by Gasteiger charge is -2.22. The van der Waals surface area contributed by atoms with Gasteiger partial charge in [0, 0.05) is 19.4 Å². The Bertz CT molecular complexity index is 202. The SMILES string of the molecule is C=C(C)CC(=O)CCC1CCCCO1. The van der Waals surface area contributed by atoms with E-state index in [0.717, 1.165) is 25.0 Å². The standard InChI is InChI=1S/C12H20O2/c1-10(2)9-11(13)6-7-12-5-3-4-8-14-12/h12H,1,3-9H2,2H3. The molecule has 1 aliphatic heterocycles. The zero-order chi connectivity index (χ0) is 10.4.